The largest absolute Gasteiger partial charge is 0.744 e. The molecule has 1 saturated heterocycles. The van der Waals surface area contributed by atoms with Crippen molar-refractivity contribution in [1.82, 2.24) is 0 Å². The van der Waals surface area contributed by atoms with E-state index in [-0.39, 0.29) is 125 Å². The summed E-state index contributed by atoms with van der Waals surface area (Å²) < 4.78 is 264. The molecule has 2 atom stereocenters. The van der Waals surface area contributed by atoms with E-state index in [1.807, 2.05) is 0 Å². The van der Waals surface area contributed by atoms with Gasteiger partial charge in [-0.3, -0.25) is 9.59 Å². The molecule has 0 aromatic heterocycles. The summed E-state index contributed by atoms with van der Waals surface area (Å²) in [6.07, 6.45) is 7.99. The zero-order valence-electron chi connectivity index (χ0n) is 81.9. The van der Waals surface area contributed by atoms with Crippen LogP contribution in [-0.2, 0) is 92.2 Å². The summed E-state index contributed by atoms with van der Waals surface area (Å²) in [5.41, 5.74) is 5.20. The van der Waals surface area contributed by atoms with Crippen LogP contribution in [0.1, 0.15) is 275 Å². The van der Waals surface area contributed by atoms with E-state index in [1.54, 1.807) is 70.7 Å². The number of fused-ring (bicyclic) bond motifs is 1. The number of benzene rings is 11. The van der Waals surface area contributed by atoms with Crippen molar-refractivity contribution in [3.8, 4) is 17.2 Å². The van der Waals surface area contributed by atoms with E-state index >= 15 is 0 Å². The van der Waals surface area contributed by atoms with Crippen LogP contribution >= 0.6 is 0 Å². The van der Waals surface area contributed by atoms with Crippen molar-refractivity contribution in [3.05, 3.63) is 300 Å². The van der Waals surface area contributed by atoms with Crippen LogP contribution in [0.3, 0.4) is 0 Å². The highest BCUT2D eigenvalue weighted by atomic mass is 127. The Balaban J connectivity index is -0.00000166. The molecule has 0 amide bonds. The lowest BCUT2D eigenvalue weighted by Gasteiger charge is -2.20. The Kier molecular flexibility index (Phi) is 62.7. The highest BCUT2D eigenvalue weighted by molar-refractivity contribution is 7.97. The zero-order chi connectivity index (χ0) is 105. The SMILES string of the molecule is C.C.C.C.C.C.C.C.CC(C)(C)c1ccc([I+]c2ccc(C(C)(C)C)cc2)cc1.CCC(C)(C)C(=O)OCCCOc1c(F)c(F)c(S(=O)(=O)[O-])c(F)c1F.CCC(C)(C)C(=O)OCCOc1c(F)c(F)c(S(=O)(=O)[O-])c(F)c1F.CCC(C)c1ccc(S(=O)(=O)[O-])cc1.CCC(C)c1ccc(S(=O)(=O)[O-])cc1.CCCCOc1ccc([S+]2CCCC2)c2ccccc12.Cc1ccc([S+](c2ccccc2)c2ccccc2)cc1. The summed E-state index contributed by atoms with van der Waals surface area (Å²) in [5, 5.41) is 2.70. The number of hydrogen-bond donors (Lipinski definition) is 0. The first-order valence-corrected chi connectivity index (χ1v) is 56.0. The summed E-state index contributed by atoms with van der Waals surface area (Å²) in [5.74, 6) is -17.8. The molecule has 11 aromatic rings. The molecule has 34 heteroatoms. The second-order valence-corrected chi connectivity index (χ2v) is 48.7. The second-order valence-electron chi connectivity index (χ2n) is 36.0. The van der Waals surface area contributed by atoms with E-state index in [0.29, 0.717) is 35.6 Å². The maximum absolute atomic E-state index is 13.7. The number of carbonyl (C=O) groups is 2. The third-order valence-electron chi connectivity index (χ3n) is 22.6. The number of unbranched alkanes of at least 4 members (excludes halogenated alkanes) is 1. The van der Waals surface area contributed by atoms with Gasteiger partial charge >= 0.3 is 33.1 Å². The van der Waals surface area contributed by atoms with Crippen LogP contribution in [0, 0.1) is 71.4 Å². The topological polar surface area (TPSA) is 309 Å². The van der Waals surface area contributed by atoms with Crippen LogP contribution < -0.4 is 35.4 Å². The molecular formula is C114H156F8IO19S6-. The average molecular weight is 2300 g/mol. The van der Waals surface area contributed by atoms with Crippen molar-refractivity contribution in [3.63, 3.8) is 0 Å². The number of aryl methyl sites for hydroxylation is 1. The predicted octanol–water partition coefficient (Wildman–Crippen LogP) is 27.0. The summed E-state index contributed by atoms with van der Waals surface area (Å²) >= 11 is -0.0703. The van der Waals surface area contributed by atoms with Crippen molar-refractivity contribution in [2.45, 2.75) is 304 Å². The first-order valence-electron chi connectivity index (χ1n) is 45.4. The molecule has 0 aliphatic carbocycles. The molecule has 1 aliphatic heterocycles. The van der Waals surface area contributed by atoms with E-state index in [0.717, 1.165) is 42.7 Å². The molecule has 12 rings (SSSR count). The molecule has 826 valence electrons. The third kappa shape index (κ3) is 43.0. The fraction of sp³-hybridized carbons (Fsp3) is 0.421. The maximum Gasteiger partial charge on any atom is 0.357 e. The van der Waals surface area contributed by atoms with Crippen LogP contribution in [0.25, 0.3) is 10.8 Å². The molecule has 0 N–H and O–H groups in total. The lowest BCUT2D eigenvalue weighted by molar-refractivity contribution is -0.597. The molecule has 11 aromatic carbocycles. The van der Waals surface area contributed by atoms with Gasteiger partial charge in [-0.25, -0.2) is 51.2 Å². The summed E-state index contributed by atoms with van der Waals surface area (Å²) in [6.45, 7) is 35.2. The minimum absolute atomic E-state index is 0. The Morgan fingerprint density at radius 3 is 1.04 bits per heavy atom. The van der Waals surface area contributed by atoms with E-state index in [9.17, 15) is 96.6 Å². The molecule has 2 unspecified atom stereocenters. The highest BCUT2D eigenvalue weighted by Crippen LogP contribution is 2.39. The van der Waals surface area contributed by atoms with Crippen molar-refractivity contribution in [1.29, 1.82) is 0 Å². The first-order chi connectivity index (χ1) is 65.5. The Hall–Kier alpha value is -9.47. The molecule has 0 radical (unpaired) electrons. The number of carbonyl (C=O) groups excluding carboxylic acids is 2. The number of halogens is 9. The average Bonchev–Trinajstić information content (AvgIpc) is 0.818. The van der Waals surface area contributed by atoms with Gasteiger partial charge in [-0.1, -0.05) is 277 Å². The first kappa shape index (κ1) is 143. The molecule has 148 heavy (non-hydrogen) atoms. The lowest BCUT2D eigenvalue weighted by atomic mass is 9.87. The normalized spacial score (nSPS) is 12.2. The second kappa shape index (κ2) is 65.0. The van der Waals surface area contributed by atoms with Crippen molar-refractivity contribution in [2.75, 3.05) is 44.5 Å². The van der Waals surface area contributed by atoms with Gasteiger partial charge in [0.2, 0.25) is 23.3 Å². The Morgan fingerprint density at radius 2 is 0.709 bits per heavy atom. The van der Waals surface area contributed by atoms with Crippen LogP contribution in [0.4, 0.5) is 35.1 Å². The van der Waals surface area contributed by atoms with Gasteiger partial charge in [0.15, 0.2) is 61.5 Å². The molecule has 0 bridgehead atoms. The minimum atomic E-state index is -5.79. The van der Waals surface area contributed by atoms with Crippen LogP contribution in [0.15, 0.2) is 258 Å². The quantitative estimate of drug-likeness (QED) is 0.00741. The van der Waals surface area contributed by atoms with Crippen molar-refractivity contribution >= 4 is 85.0 Å². The van der Waals surface area contributed by atoms with Gasteiger partial charge < -0.3 is 41.9 Å². The van der Waals surface area contributed by atoms with Gasteiger partial charge in [-0.2, -0.15) is 17.6 Å². The predicted molar refractivity (Wildman–Crippen MR) is 577 cm³/mol. The molecule has 0 spiro atoms. The highest BCUT2D eigenvalue weighted by Gasteiger charge is 2.36. The molecule has 1 aliphatic rings. The van der Waals surface area contributed by atoms with E-state index in [1.165, 1.54) is 104 Å². The summed E-state index contributed by atoms with van der Waals surface area (Å²) in [7, 11) is -19.7. The number of rotatable bonds is 31. The van der Waals surface area contributed by atoms with E-state index in [2.05, 4.69) is 262 Å². The lowest BCUT2D eigenvalue weighted by Crippen LogP contribution is -3.61. The number of ether oxygens (including phenoxy) is 5. The van der Waals surface area contributed by atoms with Gasteiger partial charge in [0.1, 0.15) is 80.7 Å². The molecule has 0 saturated carbocycles. The van der Waals surface area contributed by atoms with Gasteiger partial charge in [-0.15, -0.1) is 0 Å². The molecule has 19 nitrogen and oxygen atoms in total. The zero-order valence-corrected chi connectivity index (χ0v) is 88.9. The van der Waals surface area contributed by atoms with Gasteiger partial charge in [-0.05, 0) is 228 Å². The number of hydrogen-bond acceptors (Lipinski definition) is 19. The van der Waals surface area contributed by atoms with E-state index in [4.69, 9.17) is 14.2 Å². The monoisotopic (exact) mass is 2300 g/mol. The fourth-order valence-electron chi connectivity index (χ4n) is 12.8. The maximum atomic E-state index is 13.7. The van der Waals surface area contributed by atoms with Gasteiger partial charge in [0, 0.05) is 28.1 Å². The number of esters is 2. The van der Waals surface area contributed by atoms with Crippen LogP contribution in [0.5, 0.6) is 17.2 Å². The van der Waals surface area contributed by atoms with Gasteiger partial charge in [0.25, 0.3) is 0 Å². The molecule has 1 fully saturated rings. The van der Waals surface area contributed by atoms with Crippen LogP contribution in [-0.4, -0.2) is 108 Å². The Labute approximate surface area is 895 Å². The Bertz CT molecular complexity index is 6100. The van der Waals surface area contributed by atoms with Crippen molar-refractivity contribution in [2.24, 2.45) is 10.8 Å². The third-order valence-corrected chi connectivity index (χ3v) is 33.4. The molecular weight excluding hydrogens is 2140 g/mol. The standard InChI is InChI=1S/C20H26I.C19H17S.C18H23OS.C15H18F4O6S.C14H16F4O6S.2C10H14O3S.8CH4/c1-19(2,3)15-7-11-17(12-8-15)21-18-13-9-16(10-14-18)20(4,5)6;1-16-12-14-19(15-13-16)20(17-8-4-2-5-9-17)18-10-6-3-7-11-18;1-2-3-12-19-17-10-11-18(20-13-6-7-14-20)16-9-5-4-8-15(16)17;1-4-15(2,3)14(20)25-7-5-6-24-12-8(16)10(18)13(26(21,22)23)11(19)9(12)17;1-4-14(2,3)13(19)24-6-5-23-11-7(15)9(17)12(25(20,21)22)10(18)8(11)16;2*1-3-8(2)9-4-6-10(7-5-9)14(11,12)13;;;;;;;;/h7-14H,1-6H3;2-15H,1H3;4-5,8-11H,2-3,6-7,12-14H2,1H3;4-7H2,1-3H3,(H,21,22,23);4-6H2,1-3H3,(H,20,21,22);2*4-8H,3H2,1-2H3,(H,11,12,13);8*1H4/q3*+1;;;;;;;;;;;;/p-4. The Morgan fingerprint density at radius 1 is 0.378 bits per heavy atom. The molecule has 1 heterocycles. The van der Waals surface area contributed by atoms with Crippen LogP contribution in [0.2, 0.25) is 0 Å². The smallest absolute Gasteiger partial charge is 0.357 e. The van der Waals surface area contributed by atoms with E-state index < -0.39 is 151 Å². The summed E-state index contributed by atoms with van der Waals surface area (Å²) in [6, 6.07) is 74.3. The van der Waals surface area contributed by atoms with Gasteiger partial charge in [0.05, 0.1) is 51.3 Å². The minimum Gasteiger partial charge on any atom is -0.744 e. The fourth-order valence-corrected chi connectivity index (χ4v) is 21.7. The van der Waals surface area contributed by atoms with Crippen molar-refractivity contribution < 1.29 is 141 Å². The summed E-state index contributed by atoms with van der Waals surface area (Å²) in [4.78, 5) is 24.1.